The zero-order chi connectivity index (χ0) is 14.5. The van der Waals surface area contributed by atoms with Crippen LogP contribution in [0.4, 0.5) is 0 Å². The normalized spacial score (nSPS) is 23.4. The third kappa shape index (κ3) is 3.51. The van der Waals surface area contributed by atoms with E-state index in [1.165, 1.54) is 12.0 Å². The lowest BCUT2D eigenvalue weighted by Crippen LogP contribution is -2.34. The maximum Gasteiger partial charge on any atom is 0.169 e. The topological polar surface area (TPSA) is 30.9 Å². The number of rotatable bonds is 6. The molecule has 1 fully saturated rings. The van der Waals surface area contributed by atoms with Crippen molar-refractivity contribution in [3.8, 4) is 5.75 Å². The molecular weight excluding hydrogens is 254 g/mol. The minimum atomic E-state index is -0.166. The van der Waals surface area contributed by atoms with Gasteiger partial charge in [0.1, 0.15) is 5.75 Å². The summed E-state index contributed by atoms with van der Waals surface area (Å²) < 4.78 is 15.9. The van der Waals surface area contributed by atoms with Gasteiger partial charge in [-0.3, -0.25) is 4.90 Å². The SMILES string of the molecule is COc1ccc([C@@H]2C[C@H](C)CN2CC(OC)OC)cc1. The van der Waals surface area contributed by atoms with Crippen molar-refractivity contribution in [3.63, 3.8) is 0 Å². The van der Waals surface area contributed by atoms with Crippen molar-refractivity contribution < 1.29 is 14.2 Å². The Morgan fingerprint density at radius 2 is 1.80 bits per heavy atom. The van der Waals surface area contributed by atoms with Gasteiger partial charge in [-0.1, -0.05) is 19.1 Å². The molecule has 0 unspecified atom stereocenters. The summed E-state index contributed by atoms with van der Waals surface area (Å²) in [7, 11) is 5.08. The average molecular weight is 279 g/mol. The van der Waals surface area contributed by atoms with E-state index in [1.54, 1.807) is 21.3 Å². The van der Waals surface area contributed by atoms with Crippen LogP contribution < -0.4 is 4.74 Å². The second kappa shape index (κ2) is 7.07. The molecule has 0 bridgehead atoms. The summed E-state index contributed by atoms with van der Waals surface area (Å²) in [5.41, 5.74) is 1.33. The van der Waals surface area contributed by atoms with Gasteiger partial charge in [-0.2, -0.15) is 0 Å². The Morgan fingerprint density at radius 3 is 2.35 bits per heavy atom. The Bertz CT molecular complexity index is 403. The van der Waals surface area contributed by atoms with E-state index in [0.717, 1.165) is 18.8 Å². The number of hydrogen-bond acceptors (Lipinski definition) is 4. The van der Waals surface area contributed by atoms with E-state index in [9.17, 15) is 0 Å². The van der Waals surface area contributed by atoms with Crippen LogP contribution in [-0.2, 0) is 9.47 Å². The number of likely N-dealkylation sites (tertiary alicyclic amines) is 1. The Kier molecular flexibility index (Phi) is 5.40. The molecule has 0 aliphatic carbocycles. The fraction of sp³-hybridized carbons (Fsp3) is 0.625. The molecule has 0 radical (unpaired) electrons. The van der Waals surface area contributed by atoms with Crippen molar-refractivity contribution in [1.29, 1.82) is 0 Å². The van der Waals surface area contributed by atoms with Crippen molar-refractivity contribution in [2.75, 3.05) is 34.4 Å². The summed E-state index contributed by atoms with van der Waals surface area (Å²) in [5.74, 6) is 1.59. The number of hydrogen-bond donors (Lipinski definition) is 0. The third-order valence-electron chi connectivity index (χ3n) is 4.02. The van der Waals surface area contributed by atoms with Gasteiger partial charge < -0.3 is 14.2 Å². The molecule has 0 aromatic heterocycles. The monoisotopic (exact) mass is 279 g/mol. The summed E-state index contributed by atoms with van der Waals surface area (Å²) in [6.45, 7) is 4.18. The standard InChI is InChI=1S/C16H25NO3/c1-12-9-15(13-5-7-14(18-2)8-6-13)17(10-12)11-16(19-3)20-4/h5-8,12,15-16H,9-11H2,1-4H3/t12-,15-/m0/s1. The van der Waals surface area contributed by atoms with Crippen LogP contribution in [0.25, 0.3) is 0 Å². The zero-order valence-electron chi connectivity index (χ0n) is 12.8. The van der Waals surface area contributed by atoms with Crippen LogP contribution in [0.3, 0.4) is 0 Å². The fourth-order valence-electron chi connectivity index (χ4n) is 2.94. The molecule has 0 saturated carbocycles. The zero-order valence-corrected chi connectivity index (χ0v) is 12.8. The molecule has 20 heavy (non-hydrogen) atoms. The molecule has 1 aliphatic rings. The van der Waals surface area contributed by atoms with Crippen LogP contribution in [0, 0.1) is 5.92 Å². The molecule has 4 nitrogen and oxygen atoms in total. The highest BCUT2D eigenvalue weighted by atomic mass is 16.7. The van der Waals surface area contributed by atoms with E-state index in [1.807, 2.05) is 12.1 Å². The van der Waals surface area contributed by atoms with E-state index < -0.39 is 0 Å². The molecule has 1 aromatic carbocycles. The van der Waals surface area contributed by atoms with E-state index in [0.29, 0.717) is 12.0 Å². The Labute approximate surface area is 121 Å². The first-order valence-corrected chi connectivity index (χ1v) is 7.11. The molecule has 1 heterocycles. The predicted octanol–water partition coefficient (Wildman–Crippen LogP) is 2.70. The first kappa shape index (κ1) is 15.3. The van der Waals surface area contributed by atoms with Crippen LogP contribution in [0.15, 0.2) is 24.3 Å². The van der Waals surface area contributed by atoms with Gasteiger partial charge in [-0.15, -0.1) is 0 Å². The molecule has 1 aromatic rings. The lowest BCUT2D eigenvalue weighted by molar-refractivity contribution is -0.118. The second-order valence-electron chi connectivity index (χ2n) is 5.48. The Morgan fingerprint density at radius 1 is 1.15 bits per heavy atom. The van der Waals surface area contributed by atoms with Gasteiger partial charge in [-0.25, -0.2) is 0 Å². The molecule has 2 atom stereocenters. The lowest BCUT2D eigenvalue weighted by atomic mass is 10.0. The Balaban J connectivity index is 2.10. The van der Waals surface area contributed by atoms with Gasteiger partial charge in [0.05, 0.1) is 13.7 Å². The lowest BCUT2D eigenvalue weighted by Gasteiger charge is -2.28. The molecular formula is C16H25NO3. The first-order chi connectivity index (χ1) is 9.67. The van der Waals surface area contributed by atoms with Crippen LogP contribution in [-0.4, -0.2) is 45.6 Å². The van der Waals surface area contributed by atoms with Gasteiger partial charge in [0.15, 0.2) is 6.29 Å². The summed E-state index contributed by atoms with van der Waals surface area (Å²) in [4.78, 5) is 2.45. The third-order valence-corrected chi connectivity index (χ3v) is 4.02. The predicted molar refractivity (Wildman–Crippen MR) is 78.9 cm³/mol. The van der Waals surface area contributed by atoms with Crippen LogP contribution in [0.5, 0.6) is 5.75 Å². The van der Waals surface area contributed by atoms with Gasteiger partial charge in [0.2, 0.25) is 0 Å². The molecule has 1 aliphatic heterocycles. The molecule has 1 saturated heterocycles. The largest absolute Gasteiger partial charge is 0.497 e. The quantitative estimate of drug-likeness (QED) is 0.749. The van der Waals surface area contributed by atoms with Crippen molar-refractivity contribution >= 4 is 0 Å². The summed E-state index contributed by atoms with van der Waals surface area (Å²) in [6, 6.07) is 8.80. The highest BCUT2D eigenvalue weighted by Gasteiger charge is 2.32. The second-order valence-corrected chi connectivity index (χ2v) is 5.48. The van der Waals surface area contributed by atoms with Gasteiger partial charge in [0, 0.05) is 26.8 Å². The highest BCUT2D eigenvalue weighted by Crippen LogP contribution is 2.35. The molecule has 2 rings (SSSR count). The number of ether oxygens (including phenoxy) is 3. The summed E-state index contributed by atoms with van der Waals surface area (Å²) in [5, 5.41) is 0. The fourth-order valence-corrected chi connectivity index (χ4v) is 2.94. The van der Waals surface area contributed by atoms with E-state index in [2.05, 4.69) is 24.0 Å². The smallest absolute Gasteiger partial charge is 0.169 e. The van der Waals surface area contributed by atoms with Gasteiger partial charge in [-0.05, 0) is 30.0 Å². The summed E-state index contributed by atoms with van der Waals surface area (Å²) >= 11 is 0. The maximum absolute atomic E-state index is 5.33. The minimum Gasteiger partial charge on any atom is -0.497 e. The molecule has 0 amide bonds. The number of methoxy groups -OCH3 is 3. The van der Waals surface area contributed by atoms with Crippen molar-refractivity contribution in [2.24, 2.45) is 5.92 Å². The van der Waals surface area contributed by atoms with Gasteiger partial charge >= 0.3 is 0 Å². The molecule has 112 valence electrons. The summed E-state index contributed by atoms with van der Waals surface area (Å²) in [6.07, 6.45) is 1.01. The van der Waals surface area contributed by atoms with Crippen molar-refractivity contribution in [1.82, 2.24) is 4.90 Å². The van der Waals surface area contributed by atoms with Crippen LogP contribution in [0.1, 0.15) is 24.9 Å². The average Bonchev–Trinajstić information content (AvgIpc) is 2.85. The molecule has 4 heteroatoms. The van der Waals surface area contributed by atoms with E-state index in [4.69, 9.17) is 14.2 Å². The highest BCUT2D eigenvalue weighted by molar-refractivity contribution is 5.29. The minimum absolute atomic E-state index is 0.166. The van der Waals surface area contributed by atoms with Gasteiger partial charge in [0.25, 0.3) is 0 Å². The van der Waals surface area contributed by atoms with Crippen LogP contribution >= 0.6 is 0 Å². The van der Waals surface area contributed by atoms with Crippen molar-refractivity contribution in [2.45, 2.75) is 25.7 Å². The van der Waals surface area contributed by atoms with Crippen molar-refractivity contribution in [3.05, 3.63) is 29.8 Å². The van der Waals surface area contributed by atoms with E-state index >= 15 is 0 Å². The molecule has 0 N–H and O–H groups in total. The van der Waals surface area contributed by atoms with E-state index in [-0.39, 0.29) is 6.29 Å². The van der Waals surface area contributed by atoms with Crippen LogP contribution in [0.2, 0.25) is 0 Å². The Hall–Kier alpha value is -1.10. The maximum atomic E-state index is 5.33. The molecule has 0 spiro atoms. The number of nitrogens with zero attached hydrogens (tertiary/aromatic N) is 1. The first-order valence-electron chi connectivity index (χ1n) is 7.11. The number of benzene rings is 1.